The van der Waals surface area contributed by atoms with Crippen molar-refractivity contribution in [2.24, 2.45) is 0 Å². The van der Waals surface area contributed by atoms with Gasteiger partial charge in [0.25, 0.3) is 0 Å². The quantitative estimate of drug-likeness (QED) is 0.818. The molecule has 0 atom stereocenters. The minimum absolute atomic E-state index is 0.328. The van der Waals surface area contributed by atoms with Crippen LogP contribution in [0, 0.1) is 0 Å². The predicted molar refractivity (Wildman–Crippen MR) is 68.0 cm³/mol. The van der Waals surface area contributed by atoms with E-state index in [1.54, 1.807) is 0 Å². The highest BCUT2D eigenvalue weighted by Crippen LogP contribution is 2.01. The van der Waals surface area contributed by atoms with E-state index in [0.29, 0.717) is 6.61 Å². The number of rotatable bonds is 4. The first-order valence-electron chi connectivity index (χ1n) is 5.42. The number of hydrogen-bond donors (Lipinski definition) is 1. The number of hydrogen-bond acceptors (Lipinski definition) is 2. The highest BCUT2D eigenvalue weighted by atomic mass is 28.3. The van der Waals surface area contributed by atoms with Crippen LogP contribution in [0.15, 0.2) is 30.3 Å². The monoisotopic (exact) mass is 237 g/mol. The smallest absolute Gasteiger partial charge is 0.407 e. The molecule has 3 nitrogen and oxygen atoms in total. The van der Waals surface area contributed by atoms with Crippen LogP contribution in [0.1, 0.15) is 5.56 Å². The predicted octanol–water partition coefficient (Wildman–Crippen LogP) is 2.79. The molecule has 1 aromatic carbocycles. The number of amides is 1. The Labute approximate surface area is 97.8 Å². The van der Waals surface area contributed by atoms with Crippen molar-refractivity contribution in [3.05, 3.63) is 35.9 Å². The zero-order chi connectivity index (χ0) is 12.0. The molecule has 4 heteroatoms. The molecule has 1 amide bonds. The number of carbonyl (C=O) groups is 1. The highest BCUT2D eigenvalue weighted by Gasteiger charge is 2.14. The van der Waals surface area contributed by atoms with Crippen molar-refractivity contribution in [1.29, 1.82) is 0 Å². The number of nitrogens with one attached hydrogen (secondary N) is 1. The Balaban J connectivity index is 2.26. The molecule has 0 aliphatic rings. The van der Waals surface area contributed by atoms with E-state index in [2.05, 4.69) is 25.0 Å². The van der Waals surface area contributed by atoms with Crippen LogP contribution >= 0.6 is 0 Å². The van der Waals surface area contributed by atoms with Gasteiger partial charge in [0, 0.05) is 6.17 Å². The summed E-state index contributed by atoms with van der Waals surface area (Å²) in [6.07, 6.45) is 0.423. The second kappa shape index (κ2) is 5.70. The molecular weight excluding hydrogens is 218 g/mol. The lowest BCUT2D eigenvalue weighted by molar-refractivity contribution is 0.141. The molecular formula is C12H19NO2Si. The minimum Gasteiger partial charge on any atom is -0.445 e. The average Bonchev–Trinajstić information content (AvgIpc) is 2.24. The standard InChI is InChI=1S/C12H19NO2Si/c1-16(2,3)10-13-12(14)15-9-11-7-5-4-6-8-11/h4-8H,9-10H2,1-3H3,(H,13,14). The lowest BCUT2D eigenvalue weighted by Gasteiger charge is -2.16. The van der Waals surface area contributed by atoms with Gasteiger partial charge in [-0.05, 0) is 5.56 Å². The fourth-order valence-corrected chi connectivity index (χ4v) is 1.79. The van der Waals surface area contributed by atoms with Crippen LogP contribution < -0.4 is 5.32 Å². The fourth-order valence-electron chi connectivity index (χ4n) is 1.11. The third kappa shape index (κ3) is 5.55. The number of alkyl carbamates (subject to hydrolysis) is 1. The lowest BCUT2D eigenvalue weighted by Crippen LogP contribution is -2.39. The van der Waals surface area contributed by atoms with E-state index >= 15 is 0 Å². The first-order chi connectivity index (χ1) is 7.47. The Morgan fingerprint density at radius 1 is 1.25 bits per heavy atom. The number of ether oxygens (including phenoxy) is 1. The van der Waals surface area contributed by atoms with Crippen molar-refractivity contribution >= 4 is 14.2 Å². The van der Waals surface area contributed by atoms with Gasteiger partial charge in [0.05, 0.1) is 8.07 Å². The molecule has 88 valence electrons. The summed E-state index contributed by atoms with van der Waals surface area (Å²) in [6, 6.07) is 9.67. The van der Waals surface area contributed by atoms with Crippen molar-refractivity contribution in [3.63, 3.8) is 0 Å². The van der Waals surface area contributed by atoms with E-state index in [0.717, 1.165) is 11.7 Å². The van der Waals surface area contributed by atoms with Crippen LogP contribution in [-0.4, -0.2) is 20.3 Å². The number of carbonyl (C=O) groups excluding carboxylic acids is 1. The van der Waals surface area contributed by atoms with Crippen molar-refractivity contribution in [3.8, 4) is 0 Å². The highest BCUT2D eigenvalue weighted by molar-refractivity contribution is 6.76. The molecule has 0 spiro atoms. The Morgan fingerprint density at radius 3 is 2.44 bits per heavy atom. The summed E-state index contributed by atoms with van der Waals surface area (Å²) >= 11 is 0. The summed E-state index contributed by atoms with van der Waals surface area (Å²) in [7, 11) is -1.24. The van der Waals surface area contributed by atoms with Crippen LogP contribution in [0.2, 0.25) is 19.6 Å². The summed E-state index contributed by atoms with van der Waals surface area (Å²) < 4.78 is 5.10. The van der Waals surface area contributed by atoms with Gasteiger partial charge in [0.1, 0.15) is 6.61 Å². The Bertz CT molecular complexity index is 333. The summed E-state index contributed by atoms with van der Waals surface area (Å²) in [5.41, 5.74) is 1.01. The van der Waals surface area contributed by atoms with Crippen LogP contribution in [0.25, 0.3) is 0 Å². The van der Waals surface area contributed by atoms with E-state index in [1.165, 1.54) is 0 Å². The topological polar surface area (TPSA) is 38.3 Å². The largest absolute Gasteiger partial charge is 0.445 e. The second-order valence-electron chi connectivity index (χ2n) is 4.98. The molecule has 1 rings (SSSR count). The molecule has 1 N–H and O–H groups in total. The minimum atomic E-state index is -1.24. The molecule has 0 saturated heterocycles. The van der Waals surface area contributed by atoms with Crippen molar-refractivity contribution < 1.29 is 9.53 Å². The second-order valence-corrected chi connectivity index (χ2v) is 10.5. The molecule has 0 saturated carbocycles. The van der Waals surface area contributed by atoms with Gasteiger partial charge in [-0.3, -0.25) is 0 Å². The summed E-state index contributed by atoms with van der Waals surface area (Å²) in [6.45, 7) is 6.93. The first kappa shape index (κ1) is 12.8. The molecule has 0 fully saturated rings. The van der Waals surface area contributed by atoms with Gasteiger partial charge in [0.2, 0.25) is 0 Å². The maximum atomic E-state index is 11.4. The van der Waals surface area contributed by atoms with Gasteiger partial charge in [-0.25, -0.2) is 4.79 Å². The zero-order valence-corrected chi connectivity index (χ0v) is 11.1. The van der Waals surface area contributed by atoms with E-state index in [-0.39, 0.29) is 6.09 Å². The Hall–Kier alpha value is -1.29. The van der Waals surface area contributed by atoms with Gasteiger partial charge >= 0.3 is 6.09 Å². The maximum Gasteiger partial charge on any atom is 0.407 e. The zero-order valence-electron chi connectivity index (χ0n) is 10.1. The molecule has 0 aromatic heterocycles. The van der Waals surface area contributed by atoms with Crippen LogP contribution in [0.3, 0.4) is 0 Å². The molecule has 0 bridgehead atoms. The van der Waals surface area contributed by atoms with Gasteiger partial charge in [-0.1, -0.05) is 50.0 Å². The average molecular weight is 237 g/mol. The summed E-state index contributed by atoms with van der Waals surface area (Å²) in [5, 5.41) is 2.79. The van der Waals surface area contributed by atoms with E-state index < -0.39 is 8.07 Å². The van der Waals surface area contributed by atoms with Crippen LogP contribution in [-0.2, 0) is 11.3 Å². The molecule has 0 heterocycles. The number of benzene rings is 1. The van der Waals surface area contributed by atoms with Crippen molar-refractivity contribution in [2.45, 2.75) is 26.2 Å². The molecule has 1 aromatic rings. The van der Waals surface area contributed by atoms with Crippen LogP contribution in [0.4, 0.5) is 4.79 Å². The molecule has 0 unspecified atom stereocenters. The SMILES string of the molecule is C[Si](C)(C)CNC(=O)OCc1ccccc1. The fraction of sp³-hybridized carbons (Fsp3) is 0.417. The van der Waals surface area contributed by atoms with Gasteiger partial charge in [-0.2, -0.15) is 0 Å². The Morgan fingerprint density at radius 2 is 1.88 bits per heavy atom. The van der Waals surface area contributed by atoms with E-state index in [9.17, 15) is 4.79 Å². The van der Waals surface area contributed by atoms with Gasteiger partial charge in [0.15, 0.2) is 0 Å². The first-order valence-corrected chi connectivity index (χ1v) is 9.13. The summed E-state index contributed by atoms with van der Waals surface area (Å²) in [4.78, 5) is 11.4. The van der Waals surface area contributed by atoms with E-state index in [1.807, 2.05) is 30.3 Å². The molecule has 0 radical (unpaired) electrons. The van der Waals surface area contributed by atoms with Crippen molar-refractivity contribution in [2.75, 3.05) is 6.17 Å². The Kier molecular flexibility index (Phi) is 4.55. The van der Waals surface area contributed by atoms with Crippen LogP contribution in [0.5, 0.6) is 0 Å². The molecule has 0 aliphatic carbocycles. The van der Waals surface area contributed by atoms with Crippen molar-refractivity contribution in [1.82, 2.24) is 5.32 Å². The lowest BCUT2D eigenvalue weighted by atomic mass is 10.2. The normalized spacial score (nSPS) is 10.9. The maximum absolute atomic E-state index is 11.4. The van der Waals surface area contributed by atoms with E-state index in [4.69, 9.17) is 4.74 Å². The molecule has 0 aliphatic heterocycles. The molecule has 16 heavy (non-hydrogen) atoms. The van der Waals surface area contributed by atoms with Gasteiger partial charge < -0.3 is 10.1 Å². The third-order valence-electron chi connectivity index (χ3n) is 1.98. The van der Waals surface area contributed by atoms with Gasteiger partial charge in [-0.15, -0.1) is 0 Å². The third-order valence-corrected chi connectivity index (χ3v) is 3.21. The summed E-state index contributed by atoms with van der Waals surface area (Å²) in [5.74, 6) is 0.